The highest BCUT2D eigenvalue weighted by Crippen LogP contribution is 2.20. The Labute approximate surface area is 98.2 Å². The lowest BCUT2D eigenvalue weighted by Gasteiger charge is -2.15. The molecule has 0 aromatic carbocycles. The van der Waals surface area contributed by atoms with Gasteiger partial charge in [-0.2, -0.15) is 0 Å². The van der Waals surface area contributed by atoms with Crippen molar-refractivity contribution >= 4 is 22.4 Å². The second-order valence-corrected chi connectivity index (χ2v) is 5.04. The van der Waals surface area contributed by atoms with Crippen LogP contribution in [0.1, 0.15) is 4.88 Å². The Kier molecular flexibility index (Phi) is 3.52. The van der Waals surface area contributed by atoms with E-state index < -0.39 is 0 Å². The molecule has 2 N–H and O–H groups in total. The highest BCUT2D eigenvalue weighted by Gasteiger charge is 2.33. The molecule has 0 aliphatic carbocycles. The van der Waals surface area contributed by atoms with Crippen molar-refractivity contribution in [3.05, 3.63) is 11.1 Å². The summed E-state index contributed by atoms with van der Waals surface area (Å²) < 4.78 is 5.28. The Balaban J connectivity index is 1.97. The summed E-state index contributed by atoms with van der Waals surface area (Å²) in [7, 11) is 1.84. The van der Waals surface area contributed by atoms with E-state index in [1.807, 2.05) is 14.0 Å². The lowest BCUT2D eigenvalue weighted by atomic mass is 10.0. The summed E-state index contributed by atoms with van der Waals surface area (Å²) in [5, 5.41) is 6.56. The second-order valence-electron chi connectivity index (χ2n) is 3.80. The van der Waals surface area contributed by atoms with E-state index in [1.54, 1.807) is 6.20 Å². The fourth-order valence-electron chi connectivity index (χ4n) is 1.71. The summed E-state index contributed by atoms with van der Waals surface area (Å²) in [6.45, 7) is 3.02. The second kappa shape index (κ2) is 4.90. The maximum absolute atomic E-state index is 11.9. The Morgan fingerprint density at radius 1 is 1.62 bits per heavy atom. The molecule has 1 aliphatic rings. The van der Waals surface area contributed by atoms with Crippen molar-refractivity contribution < 1.29 is 9.53 Å². The number of likely N-dealkylation sites (N-methyl/N-ethyl adjacent to an activating group) is 1. The van der Waals surface area contributed by atoms with Crippen molar-refractivity contribution in [2.24, 2.45) is 5.92 Å². The first kappa shape index (κ1) is 11.5. The number of hydrogen-bond acceptors (Lipinski definition) is 5. The number of aryl methyl sites for hydroxylation is 1. The first-order valence-electron chi connectivity index (χ1n) is 5.19. The van der Waals surface area contributed by atoms with Crippen molar-refractivity contribution in [3.63, 3.8) is 0 Å². The molecule has 0 spiro atoms. The van der Waals surface area contributed by atoms with Crippen LogP contribution in [0, 0.1) is 12.8 Å². The van der Waals surface area contributed by atoms with Crippen molar-refractivity contribution in [1.82, 2.24) is 10.3 Å². The molecule has 1 fully saturated rings. The highest BCUT2D eigenvalue weighted by atomic mass is 32.1. The number of carbonyl (C=O) groups excluding carboxylic acids is 1. The lowest BCUT2D eigenvalue weighted by molar-refractivity contribution is -0.120. The molecule has 0 bridgehead atoms. The topological polar surface area (TPSA) is 63.2 Å². The van der Waals surface area contributed by atoms with E-state index in [2.05, 4.69) is 15.6 Å². The van der Waals surface area contributed by atoms with Gasteiger partial charge in [0.15, 0.2) is 5.13 Å². The maximum atomic E-state index is 11.9. The monoisotopic (exact) mass is 241 g/mol. The maximum Gasteiger partial charge on any atom is 0.233 e. The molecule has 2 rings (SSSR count). The summed E-state index contributed by atoms with van der Waals surface area (Å²) in [4.78, 5) is 17.1. The largest absolute Gasteiger partial charge is 0.379 e. The fraction of sp³-hybridized carbons (Fsp3) is 0.600. The number of rotatable bonds is 3. The third kappa shape index (κ3) is 2.40. The SMILES string of the molecule is CNC1COCC1C(=O)Nc1ncc(C)s1. The standard InChI is InChI=1S/C10H15N3O2S/c1-6-3-12-10(16-6)13-9(14)7-4-15-5-8(7)11-2/h3,7-8,11H,4-5H2,1-2H3,(H,12,13,14). The van der Waals surface area contributed by atoms with E-state index >= 15 is 0 Å². The van der Waals surface area contributed by atoms with Crippen molar-refractivity contribution in [3.8, 4) is 0 Å². The van der Waals surface area contributed by atoms with Crippen LogP contribution in [0.4, 0.5) is 5.13 Å². The zero-order valence-electron chi connectivity index (χ0n) is 9.32. The van der Waals surface area contributed by atoms with Gasteiger partial charge < -0.3 is 15.4 Å². The van der Waals surface area contributed by atoms with Gasteiger partial charge in [-0.3, -0.25) is 4.79 Å². The third-order valence-corrected chi connectivity index (χ3v) is 3.47. The van der Waals surface area contributed by atoms with Crippen LogP contribution in [-0.4, -0.2) is 37.2 Å². The van der Waals surface area contributed by atoms with Gasteiger partial charge in [-0.1, -0.05) is 0 Å². The van der Waals surface area contributed by atoms with Crippen LogP contribution in [0.3, 0.4) is 0 Å². The summed E-state index contributed by atoms with van der Waals surface area (Å²) in [6, 6.07) is 0.0982. The molecular weight excluding hydrogens is 226 g/mol. The summed E-state index contributed by atoms with van der Waals surface area (Å²) >= 11 is 1.48. The van der Waals surface area contributed by atoms with Gasteiger partial charge in [0, 0.05) is 17.1 Å². The molecule has 1 aliphatic heterocycles. The van der Waals surface area contributed by atoms with Crippen LogP contribution in [0.25, 0.3) is 0 Å². The molecule has 1 aromatic rings. The minimum atomic E-state index is -0.130. The van der Waals surface area contributed by atoms with Crippen LogP contribution in [0.15, 0.2) is 6.20 Å². The Morgan fingerprint density at radius 3 is 3.06 bits per heavy atom. The van der Waals surface area contributed by atoms with Gasteiger partial charge in [0.2, 0.25) is 5.91 Å². The predicted molar refractivity (Wildman–Crippen MR) is 62.6 cm³/mol. The molecule has 5 nitrogen and oxygen atoms in total. The zero-order valence-corrected chi connectivity index (χ0v) is 10.1. The number of hydrogen-bond donors (Lipinski definition) is 2. The van der Waals surface area contributed by atoms with Gasteiger partial charge >= 0.3 is 0 Å². The number of ether oxygens (including phenoxy) is 1. The van der Waals surface area contributed by atoms with Gasteiger partial charge in [-0.25, -0.2) is 4.98 Å². The minimum Gasteiger partial charge on any atom is -0.379 e. The van der Waals surface area contributed by atoms with E-state index in [0.29, 0.717) is 18.3 Å². The normalized spacial score (nSPS) is 24.6. The number of thiazole rings is 1. The number of aromatic nitrogens is 1. The third-order valence-electron chi connectivity index (χ3n) is 2.64. The molecule has 1 aromatic heterocycles. The van der Waals surface area contributed by atoms with E-state index in [1.165, 1.54) is 11.3 Å². The first-order valence-corrected chi connectivity index (χ1v) is 6.00. The molecular formula is C10H15N3O2S. The van der Waals surface area contributed by atoms with Gasteiger partial charge in [0.05, 0.1) is 19.1 Å². The molecule has 2 unspecified atom stereocenters. The van der Waals surface area contributed by atoms with Gasteiger partial charge in [-0.05, 0) is 14.0 Å². The van der Waals surface area contributed by atoms with Crippen LogP contribution in [0.5, 0.6) is 0 Å². The summed E-state index contributed by atoms with van der Waals surface area (Å²) in [5.41, 5.74) is 0. The van der Waals surface area contributed by atoms with Crippen LogP contribution in [-0.2, 0) is 9.53 Å². The molecule has 6 heteroatoms. The molecule has 88 valence electrons. The number of anilines is 1. The quantitative estimate of drug-likeness (QED) is 0.814. The van der Waals surface area contributed by atoms with E-state index in [0.717, 1.165) is 4.88 Å². The first-order chi connectivity index (χ1) is 7.70. The van der Waals surface area contributed by atoms with Gasteiger partial charge in [0.25, 0.3) is 0 Å². The smallest absolute Gasteiger partial charge is 0.233 e. The van der Waals surface area contributed by atoms with Crippen molar-refractivity contribution in [2.45, 2.75) is 13.0 Å². The van der Waals surface area contributed by atoms with Gasteiger partial charge in [-0.15, -0.1) is 11.3 Å². The molecule has 16 heavy (non-hydrogen) atoms. The van der Waals surface area contributed by atoms with Crippen molar-refractivity contribution in [2.75, 3.05) is 25.6 Å². The number of amides is 1. The Morgan fingerprint density at radius 2 is 2.44 bits per heavy atom. The van der Waals surface area contributed by atoms with Crippen LogP contribution >= 0.6 is 11.3 Å². The minimum absolute atomic E-state index is 0.0220. The summed E-state index contributed by atoms with van der Waals surface area (Å²) in [6.07, 6.45) is 1.75. The zero-order chi connectivity index (χ0) is 11.5. The molecule has 1 saturated heterocycles. The Hall–Kier alpha value is -0.980. The number of nitrogens with zero attached hydrogens (tertiary/aromatic N) is 1. The van der Waals surface area contributed by atoms with Crippen molar-refractivity contribution in [1.29, 1.82) is 0 Å². The number of carbonyl (C=O) groups is 1. The molecule has 2 atom stereocenters. The van der Waals surface area contributed by atoms with E-state index in [9.17, 15) is 4.79 Å². The molecule has 1 amide bonds. The molecule has 2 heterocycles. The predicted octanol–water partition coefficient (Wildman–Crippen LogP) is 0.624. The fourth-order valence-corrected chi connectivity index (χ4v) is 2.38. The highest BCUT2D eigenvalue weighted by molar-refractivity contribution is 7.15. The summed E-state index contributed by atoms with van der Waals surface area (Å²) in [5.74, 6) is -0.152. The van der Waals surface area contributed by atoms with E-state index in [4.69, 9.17) is 4.74 Å². The Bertz CT molecular complexity index is 380. The average Bonchev–Trinajstić information content (AvgIpc) is 2.86. The van der Waals surface area contributed by atoms with Gasteiger partial charge in [0.1, 0.15) is 0 Å². The number of nitrogens with one attached hydrogen (secondary N) is 2. The van der Waals surface area contributed by atoms with E-state index in [-0.39, 0.29) is 17.9 Å². The van der Waals surface area contributed by atoms with Crippen LogP contribution < -0.4 is 10.6 Å². The molecule has 0 saturated carbocycles. The lowest BCUT2D eigenvalue weighted by Crippen LogP contribution is -2.39. The average molecular weight is 241 g/mol. The molecule has 0 radical (unpaired) electrons. The van der Waals surface area contributed by atoms with Crippen LogP contribution in [0.2, 0.25) is 0 Å².